The van der Waals surface area contributed by atoms with E-state index in [1.807, 2.05) is 0 Å². The molecule has 2 aromatic heterocycles. The summed E-state index contributed by atoms with van der Waals surface area (Å²) >= 11 is 0. The van der Waals surface area contributed by atoms with Gasteiger partial charge in [0, 0.05) is 22.9 Å². The van der Waals surface area contributed by atoms with Crippen LogP contribution in [0.4, 0.5) is 8.78 Å². The van der Waals surface area contributed by atoms with Gasteiger partial charge in [0.2, 0.25) is 0 Å². The highest BCUT2D eigenvalue weighted by Gasteiger charge is 2.25. The molecule has 2 aromatic carbocycles. The number of furan rings is 2. The summed E-state index contributed by atoms with van der Waals surface area (Å²) < 4.78 is 61.6. The standard InChI is InChI=1S/C26H25F2O9P/c1-25(2,31)23-7-13-5-15(17(27)9-21(13)36-23)19(29)11-34-38(33)35-12-20(30)16-6-14-8-24(26(3,4)32)37-22(14)10-18(16)28/h5-10,31-32,38H,11-12H2,1-4H3. The first-order chi connectivity index (χ1) is 17.6. The summed E-state index contributed by atoms with van der Waals surface area (Å²) in [7, 11) is -3.37. The molecule has 0 aliphatic rings. The maximum atomic E-state index is 14.5. The first-order valence-corrected chi connectivity index (χ1v) is 12.6. The highest BCUT2D eigenvalue weighted by Crippen LogP contribution is 2.32. The van der Waals surface area contributed by atoms with Crippen molar-refractivity contribution in [3.8, 4) is 0 Å². The van der Waals surface area contributed by atoms with E-state index in [0.717, 1.165) is 12.1 Å². The minimum absolute atomic E-state index is 0.129. The number of aliphatic hydroxyl groups is 2. The van der Waals surface area contributed by atoms with Crippen molar-refractivity contribution in [2.75, 3.05) is 13.2 Å². The van der Waals surface area contributed by atoms with E-state index in [1.165, 1.54) is 52.0 Å². The SMILES string of the molecule is CC(C)(O)c1cc2cc(C(=O)CO[PH](=O)OCC(=O)c3cc4cc(C(C)(C)O)oc4cc3F)c(F)cc2o1. The van der Waals surface area contributed by atoms with Crippen molar-refractivity contribution in [2.45, 2.75) is 38.9 Å². The molecule has 0 spiro atoms. The summed E-state index contributed by atoms with van der Waals surface area (Å²) in [6, 6.07) is 7.35. The van der Waals surface area contributed by atoms with Gasteiger partial charge >= 0.3 is 8.25 Å². The monoisotopic (exact) mass is 550 g/mol. The van der Waals surface area contributed by atoms with E-state index in [2.05, 4.69) is 0 Å². The van der Waals surface area contributed by atoms with Gasteiger partial charge in [0.05, 0.1) is 11.1 Å². The van der Waals surface area contributed by atoms with E-state index in [-0.39, 0.29) is 33.8 Å². The van der Waals surface area contributed by atoms with Crippen LogP contribution >= 0.6 is 8.25 Å². The Hall–Kier alpha value is -3.21. The zero-order chi connectivity index (χ0) is 28.0. The molecule has 0 saturated carbocycles. The zero-order valence-corrected chi connectivity index (χ0v) is 21.9. The Morgan fingerprint density at radius 3 is 1.47 bits per heavy atom. The van der Waals surface area contributed by atoms with Crippen LogP contribution in [-0.4, -0.2) is 35.0 Å². The number of carbonyl (C=O) groups is 2. The van der Waals surface area contributed by atoms with Crippen molar-refractivity contribution >= 4 is 41.8 Å². The fourth-order valence-electron chi connectivity index (χ4n) is 3.60. The van der Waals surface area contributed by atoms with E-state index in [1.54, 1.807) is 0 Å². The average molecular weight is 550 g/mol. The summed E-state index contributed by atoms with van der Waals surface area (Å²) in [4.78, 5) is 24.9. The second-order valence-electron chi connectivity index (χ2n) is 9.75. The molecule has 38 heavy (non-hydrogen) atoms. The normalized spacial score (nSPS) is 12.7. The Balaban J connectivity index is 1.37. The average Bonchev–Trinajstić information content (AvgIpc) is 3.43. The Kier molecular flexibility index (Phi) is 7.44. The molecule has 0 fully saturated rings. The van der Waals surface area contributed by atoms with Crippen LogP contribution in [0.2, 0.25) is 0 Å². The van der Waals surface area contributed by atoms with Crippen LogP contribution in [0.25, 0.3) is 21.9 Å². The van der Waals surface area contributed by atoms with Crippen LogP contribution < -0.4 is 0 Å². The Morgan fingerprint density at radius 2 is 1.13 bits per heavy atom. The molecule has 2 N–H and O–H groups in total. The number of rotatable bonds is 10. The van der Waals surface area contributed by atoms with Gasteiger partial charge in [0.15, 0.2) is 11.6 Å². The number of halogens is 2. The van der Waals surface area contributed by atoms with E-state index in [4.69, 9.17) is 17.9 Å². The molecule has 0 atom stereocenters. The maximum absolute atomic E-state index is 14.5. The van der Waals surface area contributed by atoms with Gasteiger partial charge in [-0.1, -0.05) is 0 Å². The van der Waals surface area contributed by atoms with Crippen molar-refractivity contribution in [1.82, 2.24) is 0 Å². The Bertz CT molecular complexity index is 1460. The van der Waals surface area contributed by atoms with Crippen LogP contribution in [0.5, 0.6) is 0 Å². The number of hydrogen-bond acceptors (Lipinski definition) is 9. The molecule has 2 heterocycles. The smallest absolute Gasteiger partial charge is 0.320 e. The van der Waals surface area contributed by atoms with Gasteiger partial charge in [0.25, 0.3) is 0 Å². The molecular formula is C26H25F2O9P. The summed E-state index contributed by atoms with van der Waals surface area (Å²) in [6.45, 7) is 4.34. The number of Topliss-reactive ketones (excluding diaryl/α,β-unsaturated/α-hetero) is 2. The lowest BCUT2D eigenvalue weighted by Crippen LogP contribution is -2.13. The molecule has 9 nitrogen and oxygen atoms in total. The van der Waals surface area contributed by atoms with Gasteiger partial charge in [0.1, 0.15) is 58.7 Å². The number of carbonyl (C=O) groups excluding carboxylic acids is 2. The lowest BCUT2D eigenvalue weighted by Gasteiger charge is -2.12. The largest absolute Gasteiger partial charge is 0.458 e. The number of benzene rings is 2. The predicted octanol–water partition coefficient (Wildman–Crippen LogP) is 5.40. The van der Waals surface area contributed by atoms with Crippen molar-refractivity contribution < 1.29 is 51.0 Å². The van der Waals surface area contributed by atoms with Crippen molar-refractivity contribution in [2.24, 2.45) is 0 Å². The third-order valence-corrected chi connectivity index (χ3v) is 6.42. The highest BCUT2D eigenvalue weighted by molar-refractivity contribution is 7.33. The number of ketones is 2. The molecular weight excluding hydrogens is 525 g/mol. The van der Waals surface area contributed by atoms with Gasteiger partial charge in [-0.05, 0) is 52.0 Å². The second kappa shape index (κ2) is 10.2. The van der Waals surface area contributed by atoms with E-state index in [0.29, 0.717) is 10.8 Å². The van der Waals surface area contributed by atoms with Crippen molar-refractivity contribution in [1.29, 1.82) is 0 Å². The Morgan fingerprint density at radius 1 is 0.763 bits per heavy atom. The van der Waals surface area contributed by atoms with Gasteiger partial charge in [-0.3, -0.25) is 14.2 Å². The molecule has 4 aromatic rings. The van der Waals surface area contributed by atoms with E-state index >= 15 is 0 Å². The molecule has 4 rings (SSSR count). The molecule has 0 radical (unpaired) electrons. The fraction of sp³-hybridized carbons (Fsp3) is 0.308. The van der Waals surface area contributed by atoms with Crippen LogP contribution in [0.3, 0.4) is 0 Å². The van der Waals surface area contributed by atoms with Crippen LogP contribution in [0, 0.1) is 11.6 Å². The predicted molar refractivity (Wildman–Crippen MR) is 132 cm³/mol. The second-order valence-corrected chi connectivity index (χ2v) is 10.8. The summed E-state index contributed by atoms with van der Waals surface area (Å²) in [5.41, 5.74) is -3.08. The molecule has 0 aliphatic heterocycles. The van der Waals surface area contributed by atoms with E-state index < -0.39 is 55.9 Å². The molecule has 202 valence electrons. The zero-order valence-electron chi connectivity index (χ0n) is 20.9. The van der Waals surface area contributed by atoms with Crippen molar-refractivity contribution in [3.05, 3.63) is 70.7 Å². The molecule has 0 unspecified atom stereocenters. The van der Waals surface area contributed by atoms with Gasteiger partial charge in [-0.2, -0.15) is 0 Å². The third-order valence-electron chi connectivity index (χ3n) is 5.66. The summed E-state index contributed by atoms with van der Waals surface area (Å²) in [6.07, 6.45) is 0. The van der Waals surface area contributed by atoms with Crippen LogP contribution in [-0.2, 0) is 24.8 Å². The minimum Gasteiger partial charge on any atom is -0.458 e. The van der Waals surface area contributed by atoms with Gasteiger partial charge < -0.3 is 28.1 Å². The summed E-state index contributed by atoms with van der Waals surface area (Å²) in [5, 5.41) is 20.9. The topological polar surface area (TPSA) is 136 Å². The molecule has 0 bridgehead atoms. The Labute approximate surface area is 215 Å². The number of fused-ring (bicyclic) bond motifs is 2. The fourth-order valence-corrected chi connectivity index (χ4v) is 4.18. The van der Waals surface area contributed by atoms with Gasteiger partial charge in [-0.15, -0.1) is 0 Å². The summed E-state index contributed by atoms with van der Waals surface area (Å²) in [5.74, 6) is -3.15. The van der Waals surface area contributed by atoms with Crippen LogP contribution in [0.15, 0.2) is 45.2 Å². The first-order valence-electron chi connectivity index (χ1n) is 11.4. The minimum atomic E-state index is -3.37. The quantitative estimate of drug-likeness (QED) is 0.196. The molecule has 0 saturated heterocycles. The molecule has 0 aliphatic carbocycles. The van der Waals surface area contributed by atoms with E-state index in [9.17, 15) is 33.1 Å². The first kappa shape index (κ1) is 27.8. The maximum Gasteiger partial charge on any atom is 0.320 e. The molecule has 0 amide bonds. The highest BCUT2D eigenvalue weighted by atomic mass is 31.1. The molecule has 12 heteroatoms. The van der Waals surface area contributed by atoms with Crippen LogP contribution in [0.1, 0.15) is 59.9 Å². The number of hydrogen-bond donors (Lipinski definition) is 2. The lowest BCUT2D eigenvalue weighted by atomic mass is 10.1. The van der Waals surface area contributed by atoms with Crippen molar-refractivity contribution in [3.63, 3.8) is 0 Å². The van der Waals surface area contributed by atoms with Gasteiger partial charge in [-0.25, -0.2) is 8.78 Å². The third kappa shape index (κ3) is 5.92. The lowest BCUT2D eigenvalue weighted by molar-refractivity contribution is 0.0555.